The van der Waals surface area contributed by atoms with Crippen molar-refractivity contribution in [2.75, 3.05) is 32.5 Å². The van der Waals surface area contributed by atoms with Crippen LogP contribution in [0, 0.1) is 0 Å². The Bertz CT molecular complexity index is 1230. The van der Waals surface area contributed by atoms with Gasteiger partial charge in [0.1, 0.15) is 11.6 Å². The molecule has 0 unspecified atom stereocenters. The molecule has 0 aliphatic rings. The first-order valence-corrected chi connectivity index (χ1v) is 14.6. The molecular weight excluding hydrogens is 504 g/mol. The van der Waals surface area contributed by atoms with Crippen molar-refractivity contribution in [1.29, 1.82) is 0 Å². The fourth-order valence-electron chi connectivity index (χ4n) is 4.05. The van der Waals surface area contributed by atoms with Gasteiger partial charge in [0.05, 0.1) is 25.4 Å². The number of nitrogens with one attached hydrogen (secondary N) is 3. The van der Waals surface area contributed by atoms with E-state index >= 15 is 0 Å². The number of rotatable bonds is 16. The summed E-state index contributed by atoms with van der Waals surface area (Å²) in [6.07, 6.45) is 1.71. The largest absolute Gasteiger partial charge is 0.497 e. The van der Waals surface area contributed by atoms with Crippen molar-refractivity contribution in [2.45, 2.75) is 45.7 Å². The predicted octanol–water partition coefficient (Wildman–Crippen LogP) is 3.07. The van der Waals surface area contributed by atoms with Crippen LogP contribution in [0.1, 0.15) is 60.3 Å². The summed E-state index contributed by atoms with van der Waals surface area (Å²) in [5, 5.41) is 9.87. The van der Waals surface area contributed by atoms with E-state index in [9.17, 15) is 13.2 Å². The van der Waals surface area contributed by atoms with Crippen LogP contribution in [0.3, 0.4) is 0 Å². The van der Waals surface area contributed by atoms with Gasteiger partial charge in [0.2, 0.25) is 10.0 Å². The smallest absolute Gasteiger partial charge is 0.251 e. The Morgan fingerprint density at radius 1 is 1.08 bits per heavy atom. The van der Waals surface area contributed by atoms with E-state index < -0.39 is 16.1 Å². The molecule has 0 bridgehead atoms. The first kappa shape index (κ1) is 29.3. The maximum absolute atomic E-state index is 13.0. The van der Waals surface area contributed by atoms with Gasteiger partial charge in [-0.1, -0.05) is 44.2 Å². The number of nitrogens with zero attached hydrogens (tertiary/aromatic N) is 3. The molecule has 3 rings (SSSR count). The van der Waals surface area contributed by atoms with Gasteiger partial charge < -0.3 is 15.0 Å². The Morgan fingerprint density at radius 3 is 2.45 bits per heavy atom. The Balaban J connectivity index is 1.65. The molecule has 3 N–H and O–H groups in total. The average Bonchev–Trinajstić information content (AvgIpc) is 3.41. The number of amides is 1. The molecule has 206 valence electrons. The minimum Gasteiger partial charge on any atom is -0.497 e. The third-order valence-corrected chi connectivity index (χ3v) is 7.78. The summed E-state index contributed by atoms with van der Waals surface area (Å²) >= 11 is 0. The number of methoxy groups -OCH3 is 1. The second kappa shape index (κ2) is 14.6. The Labute approximate surface area is 225 Å². The van der Waals surface area contributed by atoms with E-state index in [0.29, 0.717) is 42.2 Å². The maximum Gasteiger partial charge on any atom is 0.251 e. The van der Waals surface area contributed by atoms with E-state index in [1.165, 1.54) is 0 Å². The zero-order valence-electron chi connectivity index (χ0n) is 22.3. The predicted molar refractivity (Wildman–Crippen MR) is 147 cm³/mol. The average molecular weight is 543 g/mol. The standard InChI is InChI=1S/C27H38N6O4S/c1-4-33(5-2)18-9-19-38(35,36)32-24(17-12-21-10-7-6-8-11-21)26-29-25(30-31-26)20-28-27(34)22-13-15-23(37-3)16-14-22/h6-8,10-11,13-16,24,32H,4-5,9,12,17-20H2,1-3H3,(H,28,34)(H,29,30,31)/t24-/m1/s1. The lowest BCUT2D eigenvalue weighted by Crippen LogP contribution is -2.33. The zero-order valence-corrected chi connectivity index (χ0v) is 23.1. The molecule has 0 fully saturated rings. The van der Waals surface area contributed by atoms with Crippen molar-refractivity contribution in [3.63, 3.8) is 0 Å². The van der Waals surface area contributed by atoms with Crippen LogP contribution in [0.5, 0.6) is 5.75 Å². The topological polar surface area (TPSA) is 129 Å². The molecule has 0 saturated heterocycles. The Morgan fingerprint density at radius 2 is 1.79 bits per heavy atom. The number of carbonyl (C=O) groups excluding carboxylic acids is 1. The molecule has 0 spiro atoms. The Hall–Kier alpha value is -3.28. The van der Waals surface area contributed by atoms with Gasteiger partial charge in [-0.05, 0) is 68.7 Å². The first-order chi connectivity index (χ1) is 18.3. The van der Waals surface area contributed by atoms with Crippen molar-refractivity contribution in [2.24, 2.45) is 0 Å². The SMILES string of the molecule is CCN(CC)CCCS(=O)(=O)N[C@H](CCc1ccccc1)c1nc(CNC(=O)c2ccc(OC)cc2)n[nH]1. The van der Waals surface area contributed by atoms with Gasteiger partial charge >= 0.3 is 0 Å². The van der Waals surface area contributed by atoms with Gasteiger partial charge in [-0.2, -0.15) is 5.10 Å². The van der Waals surface area contributed by atoms with Crippen molar-refractivity contribution < 1.29 is 17.9 Å². The van der Waals surface area contributed by atoms with E-state index in [4.69, 9.17) is 4.74 Å². The van der Waals surface area contributed by atoms with E-state index in [0.717, 1.165) is 25.2 Å². The maximum atomic E-state index is 13.0. The highest BCUT2D eigenvalue weighted by Crippen LogP contribution is 2.18. The number of benzene rings is 2. The van der Waals surface area contributed by atoms with E-state index in [-0.39, 0.29) is 18.2 Å². The number of ether oxygens (including phenoxy) is 1. The van der Waals surface area contributed by atoms with Crippen LogP contribution in [-0.2, 0) is 23.0 Å². The third kappa shape index (κ3) is 9.23. The van der Waals surface area contributed by atoms with Gasteiger partial charge in [-0.15, -0.1) is 0 Å². The lowest BCUT2D eigenvalue weighted by atomic mass is 10.1. The molecular formula is C27H38N6O4S. The van der Waals surface area contributed by atoms with Crippen LogP contribution >= 0.6 is 0 Å². The summed E-state index contributed by atoms with van der Waals surface area (Å²) in [6, 6.07) is 16.1. The molecule has 0 radical (unpaired) electrons. The number of aryl methyl sites for hydroxylation is 1. The molecule has 1 amide bonds. The van der Waals surface area contributed by atoms with Gasteiger partial charge in [-0.3, -0.25) is 9.89 Å². The van der Waals surface area contributed by atoms with E-state index in [1.54, 1.807) is 31.4 Å². The molecule has 0 aliphatic heterocycles. The van der Waals surface area contributed by atoms with Gasteiger partial charge in [0, 0.05) is 5.56 Å². The lowest BCUT2D eigenvalue weighted by molar-refractivity contribution is 0.0950. The molecule has 1 atom stereocenters. The summed E-state index contributed by atoms with van der Waals surface area (Å²) in [6.45, 7) is 6.74. The number of hydrogen-bond acceptors (Lipinski definition) is 7. The fourth-order valence-corrected chi connectivity index (χ4v) is 5.34. The summed E-state index contributed by atoms with van der Waals surface area (Å²) in [5.41, 5.74) is 1.59. The molecule has 11 heteroatoms. The molecule has 0 aliphatic carbocycles. The second-order valence-electron chi connectivity index (χ2n) is 8.94. The second-order valence-corrected chi connectivity index (χ2v) is 10.8. The number of carbonyl (C=O) groups is 1. The van der Waals surface area contributed by atoms with Crippen LogP contribution in [0.15, 0.2) is 54.6 Å². The van der Waals surface area contributed by atoms with E-state index in [2.05, 4.69) is 44.0 Å². The third-order valence-electron chi connectivity index (χ3n) is 6.31. The van der Waals surface area contributed by atoms with Crippen LogP contribution in [-0.4, -0.2) is 66.9 Å². The molecule has 3 aromatic rings. The number of H-pyrrole nitrogens is 1. The molecule has 38 heavy (non-hydrogen) atoms. The zero-order chi connectivity index (χ0) is 27.4. The van der Waals surface area contributed by atoms with E-state index in [1.807, 2.05) is 30.3 Å². The molecule has 2 aromatic carbocycles. The first-order valence-electron chi connectivity index (χ1n) is 12.9. The Kier molecular flexibility index (Phi) is 11.3. The van der Waals surface area contributed by atoms with Crippen molar-refractivity contribution in [3.8, 4) is 5.75 Å². The monoisotopic (exact) mass is 542 g/mol. The van der Waals surface area contributed by atoms with Gasteiger partial charge in [0.15, 0.2) is 5.82 Å². The minimum absolute atomic E-state index is 0.0320. The molecule has 1 heterocycles. The number of aromatic nitrogens is 3. The van der Waals surface area contributed by atoms with Crippen LogP contribution in [0.25, 0.3) is 0 Å². The van der Waals surface area contributed by atoms with Gasteiger partial charge in [-0.25, -0.2) is 18.1 Å². The number of sulfonamides is 1. The van der Waals surface area contributed by atoms with Crippen molar-refractivity contribution in [1.82, 2.24) is 30.1 Å². The minimum atomic E-state index is -3.55. The van der Waals surface area contributed by atoms with Crippen LogP contribution < -0.4 is 14.8 Å². The summed E-state index contributed by atoms with van der Waals surface area (Å²) in [7, 11) is -1.98. The fraction of sp³-hybridized carbons (Fsp3) is 0.444. The highest BCUT2D eigenvalue weighted by molar-refractivity contribution is 7.89. The summed E-state index contributed by atoms with van der Waals surface area (Å²) < 4.78 is 33.8. The number of hydrogen-bond donors (Lipinski definition) is 3. The molecule has 0 saturated carbocycles. The normalized spacial score (nSPS) is 12.4. The van der Waals surface area contributed by atoms with Crippen molar-refractivity contribution in [3.05, 3.63) is 77.4 Å². The molecule has 10 nitrogen and oxygen atoms in total. The van der Waals surface area contributed by atoms with Crippen LogP contribution in [0.2, 0.25) is 0 Å². The lowest BCUT2D eigenvalue weighted by Gasteiger charge is -2.19. The summed E-state index contributed by atoms with van der Waals surface area (Å²) in [4.78, 5) is 19.2. The van der Waals surface area contributed by atoms with Crippen molar-refractivity contribution >= 4 is 15.9 Å². The van der Waals surface area contributed by atoms with Crippen LogP contribution in [0.4, 0.5) is 0 Å². The number of aromatic amines is 1. The molecule has 1 aromatic heterocycles. The summed E-state index contributed by atoms with van der Waals surface area (Å²) in [5.74, 6) is 1.21. The van der Waals surface area contributed by atoms with Gasteiger partial charge in [0.25, 0.3) is 5.91 Å². The quantitative estimate of drug-likeness (QED) is 0.254. The highest BCUT2D eigenvalue weighted by atomic mass is 32.2. The highest BCUT2D eigenvalue weighted by Gasteiger charge is 2.23.